The number of carbonyl (C=O) groups is 1. The number of halogens is 5. The second-order valence-corrected chi connectivity index (χ2v) is 9.07. The number of hydrogen-bond acceptors (Lipinski definition) is 3. The van der Waals surface area contributed by atoms with E-state index in [0.717, 1.165) is 8.95 Å². The fourth-order valence-electron chi connectivity index (χ4n) is 1.02. The van der Waals surface area contributed by atoms with Crippen molar-refractivity contribution >= 4 is 85.6 Å². The molecule has 100 valence electrons. The molecule has 0 bridgehead atoms. The third-order valence-corrected chi connectivity index (χ3v) is 6.47. The standard InChI is InChI=1S/C10H7Br5O3/c1-4(16)9(17)18-10(14,15)5-2-3-6(11)8(13)7(5)12/h2-4,16H,1H3. The van der Waals surface area contributed by atoms with Crippen LogP contribution in [0.5, 0.6) is 0 Å². The summed E-state index contributed by atoms with van der Waals surface area (Å²) in [6.45, 7) is 1.34. The Hall–Kier alpha value is 1.05. The highest BCUT2D eigenvalue weighted by atomic mass is 79.9. The zero-order valence-corrected chi connectivity index (χ0v) is 16.8. The van der Waals surface area contributed by atoms with Crippen molar-refractivity contribution in [3.05, 3.63) is 31.1 Å². The Morgan fingerprint density at radius 1 is 1.28 bits per heavy atom. The van der Waals surface area contributed by atoms with Crippen molar-refractivity contribution in [1.29, 1.82) is 0 Å². The van der Waals surface area contributed by atoms with Crippen LogP contribution in [0.2, 0.25) is 0 Å². The van der Waals surface area contributed by atoms with Crippen molar-refractivity contribution in [3.63, 3.8) is 0 Å². The number of hydrogen-bond donors (Lipinski definition) is 1. The van der Waals surface area contributed by atoms with Crippen LogP contribution in [0, 0.1) is 0 Å². The Balaban J connectivity index is 3.13. The lowest BCUT2D eigenvalue weighted by atomic mass is 10.2. The summed E-state index contributed by atoms with van der Waals surface area (Å²) in [7, 11) is 0. The van der Waals surface area contributed by atoms with Crippen LogP contribution in [0.3, 0.4) is 0 Å². The molecule has 3 nitrogen and oxygen atoms in total. The highest BCUT2D eigenvalue weighted by Crippen LogP contribution is 2.46. The first-order valence-corrected chi connectivity index (χ1v) is 8.56. The maximum absolute atomic E-state index is 11.4. The molecule has 1 aromatic rings. The van der Waals surface area contributed by atoms with Gasteiger partial charge >= 0.3 is 5.97 Å². The number of ether oxygens (including phenoxy) is 1. The predicted octanol–water partition coefficient (Wildman–Crippen LogP) is 4.80. The lowest BCUT2D eigenvalue weighted by Crippen LogP contribution is -2.27. The molecule has 0 spiro atoms. The molecule has 18 heavy (non-hydrogen) atoms. The van der Waals surface area contributed by atoms with Crippen molar-refractivity contribution < 1.29 is 14.6 Å². The number of rotatable bonds is 3. The molecule has 1 N–H and O–H groups in total. The summed E-state index contributed by atoms with van der Waals surface area (Å²) in [6.07, 6.45) is -1.20. The van der Waals surface area contributed by atoms with E-state index in [4.69, 9.17) is 9.84 Å². The zero-order chi connectivity index (χ0) is 14.1. The van der Waals surface area contributed by atoms with Crippen LogP contribution in [0.4, 0.5) is 0 Å². The summed E-state index contributed by atoms with van der Waals surface area (Å²) >= 11 is 16.7. The van der Waals surface area contributed by atoms with E-state index >= 15 is 0 Å². The molecule has 0 saturated carbocycles. The minimum atomic E-state index is -1.21. The fourth-order valence-corrected chi connectivity index (χ4v) is 4.10. The molecule has 0 saturated heterocycles. The van der Waals surface area contributed by atoms with Crippen molar-refractivity contribution in [1.82, 2.24) is 0 Å². The van der Waals surface area contributed by atoms with Crippen LogP contribution >= 0.6 is 79.6 Å². The maximum Gasteiger partial charge on any atom is 0.337 e. The molecular formula is C10H7Br5O3. The second-order valence-electron chi connectivity index (χ2n) is 3.34. The van der Waals surface area contributed by atoms with Gasteiger partial charge in [0.05, 0.1) is 0 Å². The van der Waals surface area contributed by atoms with E-state index in [1.165, 1.54) is 6.92 Å². The third-order valence-electron chi connectivity index (χ3n) is 1.92. The van der Waals surface area contributed by atoms with Gasteiger partial charge in [0.15, 0.2) is 0 Å². The molecular weight excluding hydrogens is 568 g/mol. The summed E-state index contributed by atoms with van der Waals surface area (Å²) < 4.78 is 6.28. The van der Waals surface area contributed by atoms with Crippen LogP contribution in [0.25, 0.3) is 0 Å². The maximum atomic E-state index is 11.4. The molecule has 1 aromatic carbocycles. The first-order valence-electron chi connectivity index (χ1n) is 4.59. The predicted molar refractivity (Wildman–Crippen MR) is 86.8 cm³/mol. The summed E-state index contributed by atoms with van der Waals surface area (Å²) in [5.74, 6) is -0.741. The molecule has 1 atom stereocenters. The van der Waals surface area contributed by atoms with Crippen molar-refractivity contribution in [3.8, 4) is 0 Å². The molecule has 1 rings (SSSR count). The van der Waals surface area contributed by atoms with E-state index in [1.54, 1.807) is 12.1 Å². The van der Waals surface area contributed by atoms with Crippen LogP contribution in [-0.2, 0) is 13.0 Å². The van der Waals surface area contributed by atoms with Crippen LogP contribution in [0.1, 0.15) is 12.5 Å². The van der Waals surface area contributed by atoms with Gasteiger partial charge in [0.2, 0.25) is 3.42 Å². The topological polar surface area (TPSA) is 46.5 Å². The van der Waals surface area contributed by atoms with Crippen LogP contribution in [0.15, 0.2) is 25.6 Å². The Morgan fingerprint density at radius 3 is 2.33 bits per heavy atom. The molecule has 1 unspecified atom stereocenters. The minimum Gasteiger partial charge on any atom is -0.431 e. The summed E-state index contributed by atoms with van der Waals surface area (Å²) in [5, 5.41) is 9.15. The van der Waals surface area contributed by atoms with Gasteiger partial charge in [-0.25, -0.2) is 4.79 Å². The Labute approximate surface area is 146 Å². The Morgan fingerprint density at radius 2 is 1.83 bits per heavy atom. The van der Waals surface area contributed by atoms with Crippen LogP contribution in [-0.4, -0.2) is 17.2 Å². The average molecular weight is 575 g/mol. The molecule has 0 amide bonds. The Kier molecular flexibility index (Phi) is 6.34. The van der Waals surface area contributed by atoms with Gasteiger partial charge in [0.1, 0.15) is 6.10 Å². The average Bonchev–Trinajstić information content (AvgIpc) is 2.24. The quantitative estimate of drug-likeness (QED) is 0.321. The van der Waals surface area contributed by atoms with E-state index in [0.29, 0.717) is 10.0 Å². The summed E-state index contributed by atoms with van der Waals surface area (Å²) in [6, 6.07) is 3.56. The smallest absolute Gasteiger partial charge is 0.337 e. The molecule has 0 aliphatic rings. The minimum absolute atomic E-state index is 0.645. The molecule has 0 aliphatic carbocycles. The highest BCUT2D eigenvalue weighted by molar-refractivity contribution is 9.24. The van der Waals surface area contributed by atoms with E-state index in [2.05, 4.69) is 79.6 Å². The molecule has 8 heteroatoms. The van der Waals surface area contributed by atoms with Gasteiger partial charge in [-0.05, 0) is 92.6 Å². The number of aliphatic hydroxyl groups is 1. The molecule has 0 heterocycles. The lowest BCUT2D eigenvalue weighted by molar-refractivity contribution is -0.155. The summed E-state index contributed by atoms with van der Waals surface area (Å²) in [4.78, 5) is 11.4. The molecule has 0 fully saturated rings. The van der Waals surface area contributed by atoms with Crippen LogP contribution < -0.4 is 0 Å². The Bertz CT molecular complexity index is 473. The molecule has 0 aromatic heterocycles. The van der Waals surface area contributed by atoms with Gasteiger partial charge in [-0.15, -0.1) is 0 Å². The van der Waals surface area contributed by atoms with Crippen molar-refractivity contribution in [2.45, 2.75) is 16.4 Å². The first-order chi connectivity index (χ1) is 8.16. The largest absolute Gasteiger partial charge is 0.431 e. The number of aliphatic hydroxyl groups excluding tert-OH is 1. The monoisotopic (exact) mass is 570 g/mol. The van der Waals surface area contributed by atoms with Gasteiger partial charge in [-0.3, -0.25) is 0 Å². The number of carbonyl (C=O) groups excluding carboxylic acids is 1. The molecule has 0 aliphatic heterocycles. The fraction of sp³-hybridized carbons (Fsp3) is 0.300. The van der Waals surface area contributed by atoms with E-state index in [9.17, 15) is 4.79 Å². The number of alkyl halides is 2. The van der Waals surface area contributed by atoms with Crippen molar-refractivity contribution in [2.75, 3.05) is 0 Å². The lowest BCUT2D eigenvalue weighted by Gasteiger charge is -2.24. The zero-order valence-electron chi connectivity index (χ0n) is 8.89. The summed E-state index contributed by atoms with van der Waals surface area (Å²) in [5.41, 5.74) is 0.645. The van der Waals surface area contributed by atoms with E-state index in [-0.39, 0.29) is 0 Å². The highest BCUT2D eigenvalue weighted by Gasteiger charge is 2.34. The van der Waals surface area contributed by atoms with E-state index in [1.807, 2.05) is 0 Å². The van der Waals surface area contributed by atoms with Gasteiger partial charge < -0.3 is 9.84 Å². The first kappa shape index (κ1) is 17.1. The number of benzene rings is 1. The number of esters is 1. The van der Waals surface area contributed by atoms with Gasteiger partial charge in [-0.2, -0.15) is 0 Å². The van der Waals surface area contributed by atoms with Gasteiger partial charge in [0.25, 0.3) is 0 Å². The van der Waals surface area contributed by atoms with E-state index < -0.39 is 15.5 Å². The molecule has 0 radical (unpaired) electrons. The second kappa shape index (κ2) is 6.67. The third kappa shape index (κ3) is 4.02. The van der Waals surface area contributed by atoms with Gasteiger partial charge in [-0.1, -0.05) is 6.07 Å². The normalized spacial score (nSPS) is 13.3. The van der Waals surface area contributed by atoms with Gasteiger partial charge in [0, 0.05) is 19.0 Å². The SMILES string of the molecule is CC(O)C(=O)OC(Br)(Br)c1ccc(Br)c(Br)c1Br. The van der Waals surface area contributed by atoms with Crippen molar-refractivity contribution in [2.24, 2.45) is 0 Å².